The number of hydrogen-bond acceptors (Lipinski definition) is 9. The number of nitrogens with one attached hydrogen (secondary N) is 1. The van der Waals surface area contributed by atoms with Gasteiger partial charge in [-0.15, -0.1) is 11.3 Å². The van der Waals surface area contributed by atoms with Gasteiger partial charge in [-0.25, -0.2) is 9.59 Å². The molecule has 1 N–H and O–H groups in total. The standard InChI is InChI=1S/C26H28N2O7S/c1-4-33-22(29)15-35-19-11-10-16(13-20(19)32-3)12-17(14-27)24(30)28-25-23(26(31)34-5-2)18-8-6-7-9-21(18)36-25/h10-13H,4-9,15H2,1-3H3,(H,28,30)/b17-12+. The predicted molar refractivity (Wildman–Crippen MR) is 134 cm³/mol. The molecule has 0 radical (unpaired) electrons. The highest BCUT2D eigenvalue weighted by atomic mass is 32.1. The molecular weight excluding hydrogens is 484 g/mol. The van der Waals surface area contributed by atoms with Crippen LogP contribution in [0.25, 0.3) is 6.08 Å². The van der Waals surface area contributed by atoms with E-state index >= 15 is 0 Å². The van der Waals surface area contributed by atoms with E-state index in [9.17, 15) is 19.6 Å². The molecule has 1 heterocycles. The molecule has 190 valence electrons. The second kappa shape index (κ2) is 12.7. The fourth-order valence-corrected chi connectivity index (χ4v) is 5.06. The zero-order valence-corrected chi connectivity index (χ0v) is 21.3. The van der Waals surface area contributed by atoms with Crippen molar-refractivity contribution in [3.63, 3.8) is 0 Å². The molecule has 0 spiro atoms. The Morgan fingerprint density at radius 1 is 1.11 bits per heavy atom. The van der Waals surface area contributed by atoms with Crippen molar-refractivity contribution in [3.05, 3.63) is 45.3 Å². The van der Waals surface area contributed by atoms with E-state index in [0.29, 0.717) is 27.6 Å². The van der Waals surface area contributed by atoms with Gasteiger partial charge in [-0.1, -0.05) is 6.07 Å². The van der Waals surface area contributed by atoms with Crippen LogP contribution in [0.5, 0.6) is 11.5 Å². The number of nitriles is 1. The smallest absolute Gasteiger partial charge is 0.344 e. The zero-order chi connectivity index (χ0) is 26.1. The van der Waals surface area contributed by atoms with Gasteiger partial charge in [-0.3, -0.25) is 4.79 Å². The summed E-state index contributed by atoms with van der Waals surface area (Å²) >= 11 is 1.35. The number of esters is 2. The molecule has 1 amide bonds. The Balaban J connectivity index is 1.82. The van der Waals surface area contributed by atoms with E-state index in [1.54, 1.807) is 32.0 Å². The number of hydrogen-bond donors (Lipinski definition) is 1. The van der Waals surface area contributed by atoms with Gasteiger partial charge in [-0.2, -0.15) is 5.26 Å². The number of nitrogens with zero attached hydrogens (tertiary/aromatic N) is 1. The molecular formula is C26H28N2O7S. The molecule has 1 aliphatic carbocycles. The molecule has 3 rings (SSSR count). The first-order chi connectivity index (χ1) is 17.4. The molecule has 10 heteroatoms. The Morgan fingerprint density at radius 3 is 2.56 bits per heavy atom. The number of thiophene rings is 1. The lowest BCUT2D eigenvalue weighted by atomic mass is 9.95. The number of carbonyl (C=O) groups excluding carboxylic acids is 3. The summed E-state index contributed by atoms with van der Waals surface area (Å²) < 4.78 is 20.8. The Kier molecular flexibility index (Phi) is 9.47. The van der Waals surface area contributed by atoms with Crippen LogP contribution >= 0.6 is 11.3 Å². The van der Waals surface area contributed by atoms with Gasteiger partial charge in [0.1, 0.15) is 16.6 Å². The lowest BCUT2D eigenvalue weighted by Gasteiger charge is -2.12. The van der Waals surface area contributed by atoms with Crippen molar-refractivity contribution < 1.29 is 33.3 Å². The first kappa shape index (κ1) is 26.8. The summed E-state index contributed by atoms with van der Waals surface area (Å²) in [5.41, 5.74) is 1.66. The second-order valence-electron chi connectivity index (χ2n) is 7.76. The average Bonchev–Trinajstić information content (AvgIpc) is 3.24. The van der Waals surface area contributed by atoms with Crippen LogP contribution < -0.4 is 14.8 Å². The molecule has 0 unspecified atom stereocenters. The minimum atomic E-state index is -0.636. The van der Waals surface area contributed by atoms with E-state index in [-0.39, 0.29) is 25.4 Å². The summed E-state index contributed by atoms with van der Waals surface area (Å²) in [5, 5.41) is 12.8. The van der Waals surface area contributed by atoms with Crippen LogP contribution in [0.4, 0.5) is 5.00 Å². The maximum Gasteiger partial charge on any atom is 0.344 e. The third kappa shape index (κ3) is 6.43. The lowest BCUT2D eigenvalue weighted by molar-refractivity contribution is -0.145. The number of benzene rings is 1. The van der Waals surface area contributed by atoms with Gasteiger partial charge in [0, 0.05) is 4.88 Å². The number of fused-ring (bicyclic) bond motifs is 1. The average molecular weight is 513 g/mol. The molecule has 1 aromatic carbocycles. The van der Waals surface area contributed by atoms with Crippen molar-refractivity contribution in [3.8, 4) is 17.6 Å². The fourth-order valence-electron chi connectivity index (χ4n) is 3.79. The molecule has 0 aliphatic heterocycles. The van der Waals surface area contributed by atoms with Crippen molar-refractivity contribution >= 4 is 40.3 Å². The maximum atomic E-state index is 13.0. The number of ether oxygens (including phenoxy) is 4. The molecule has 0 bridgehead atoms. The van der Waals surface area contributed by atoms with Gasteiger partial charge in [0.25, 0.3) is 5.91 Å². The van der Waals surface area contributed by atoms with Gasteiger partial charge in [-0.05, 0) is 68.9 Å². The van der Waals surface area contributed by atoms with Crippen molar-refractivity contribution in [2.45, 2.75) is 39.5 Å². The fraction of sp³-hybridized carbons (Fsp3) is 0.385. The van der Waals surface area contributed by atoms with Gasteiger partial charge in [0.2, 0.25) is 0 Å². The van der Waals surface area contributed by atoms with E-state index < -0.39 is 17.8 Å². The largest absolute Gasteiger partial charge is 0.493 e. The highest BCUT2D eigenvalue weighted by Gasteiger charge is 2.27. The van der Waals surface area contributed by atoms with Gasteiger partial charge < -0.3 is 24.3 Å². The minimum absolute atomic E-state index is 0.154. The van der Waals surface area contributed by atoms with E-state index in [0.717, 1.165) is 36.1 Å². The number of aryl methyl sites for hydroxylation is 1. The molecule has 9 nitrogen and oxygen atoms in total. The van der Waals surface area contributed by atoms with E-state index in [1.807, 2.05) is 6.07 Å². The number of methoxy groups -OCH3 is 1. The van der Waals surface area contributed by atoms with Crippen molar-refractivity contribution in [1.29, 1.82) is 5.26 Å². The van der Waals surface area contributed by atoms with E-state index in [2.05, 4.69) is 5.32 Å². The number of anilines is 1. The normalized spacial score (nSPS) is 12.7. The van der Waals surface area contributed by atoms with Crippen molar-refractivity contribution in [1.82, 2.24) is 0 Å². The monoisotopic (exact) mass is 512 g/mol. The van der Waals surface area contributed by atoms with Crippen LogP contribution in [0.3, 0.4) is 0 Å². The van der Waals surface area contributed by atoms with E-state index in [4.69, 9.17) is 18.9 Å². The van der Waals surface area contributed by atoms with Gasteiger partial charge in [0.05, 0.1) is 25.9 Å². The highest BCUT2D eigenvalue weighted by molar-refractivity contribution is 7.17. The van der Waals surface area contributed by atoms with Crippen LogP contribution in [-0.2, 0) is 31.9 Å². The lowest BCUT2D eigenvalue weighted by Crippen LogP contribution is -2.16. The summed E-state index contributed by atoms with van der Waals surface area (Å²) in [7, 11) is 1.44. The van der Waals surface area contributed by atoms with E-state index in [1.165, 1.54) is 24.5 Å². The van der Waals surface area contributed by atoms with Crippen LogP contribution in [0, 0.1) is 11.3 Å². The number of amides is 1. The molecule has 1 aromatic heterocycles. The van der Waals surface area contributed by atoms with Crippen LogP contribution in [0.1, 0.15) is 53.1 Å². The maximum absolute atomic E-state index is 13.0. The molecule has 0 saturated carbocycles. The molecule has 0 atom stereocenters. The van der Waals surface area contributed by atoms with Crippen LogP contribution in [0.15, 0.2) is 23.8 Å². The first-order valence-corrected chi connectivity index (χ1v) is 12.4. The SMILES string of the molecule is CCOC(=O)COc1ccc(/C=C(\C#N)C(=O)Nc2sc3c(c2C(=O)OCC)CCCC3)cc1OC. The Labute approximate surface area is 213 Å². The minimum Gasteiger partial charge on any atom is -0.493 e. The van der Waals surface area contributed by atoms with Crippen molar-refractivity contribution in [2.24, 2.45) is 0 Å². The topological polar surface area (TPSA) is 124 Å². The highest BCUT2D eigenvalue weighted by Crippen LogP contribution is 2.39. The second-order valence-corrected chi connectivity index (χ2v) is 8.87. The summed E-state index contributed by atoms with van der Waals surface area (Å²) in [4.78, 5) is 38.3. The Bertz CT molecular complexity index is 1210. The summed E-state index contributed by atoms with van der Waals surface area (Å²) in [5.74, 6) is -0.985. The molecule has 1 aliphatic rings. The Hall–Kier alpha value is -3.84. The van der Waals surface area contributed by atoms with Gasteiger partial charge >= 0.3 is 11.9 Å². The summed E-state index contributed by atoms with van der Waals surface area (Å²) in [6.45, 7) is 3.62. The molecule has 0 saturated heterocycles. The third-order valence-electron chi connectivity index (χ3n) is 5.39. The predicted octanol–water partition coefficient (Wildman–Crippen LogP) is 4.30. The number of carbonyl (C=O) groups is 3. The first-order valence-electron chi connectivity index (χ1n) is 11.6. The summed E-state index contributed by atoms with van der Waals surface area (Å²) in [6, 6.07) is 6.70. The quantitative estimate of drug-likeness (QED) is 0.284. The number of rotatable bonds is 10. The van der Waals surface area contributed by atoms with Crippen LogP contribution in [-0.4, -0.2) is 44.8 Å². The Morgan fingerprint density at radius 2 is 1.86 bits per heavy atom. The molecule has 0 fully saturated rings. The summed E-state index contributed by atoms with van der Waals surface area (Å²) in [6.07, 6.45) is 4.99. The third-order valence-corrected chi connectivity index (χ3v) is 6.60. The molecule has 2 aromatic rings. The zero-order valence-electron chi connectivity index (χ0n) is 20.5. The van der Waals surface area contributed by atoms with Crippen molar-refractivity contribution in [2.75, 3.05) is 32.2 Å². The van der Waals surface area contributed by atoms with Gasteiger partial charge in [0.15, 0.2) is 18.1 Å². The van der Waals surface area contributed by atoms with Crippen LogP contribution in [0.2, 0.25) is 0 Å². The molecule has 36 heavy (non-hydrogen) atoms.